The molecular formula is C11H23N3. The lowest BCUT2D eigenvalue weighted by atomic mass is 9.80. The van der Waals surface area contributed by atoms with Gasteiger partial charge in [-0.05, 0) is 23.7 Å². The van der Waals surface area contributed by atoms with Gasteiger partial charge < -0.3 is 10.6 Å². The zero-order valence-corrected chi connectivity index (χ0v) is 9.75. The molecule has 0 aliphatic carbocycles. The van der Waals surface area contributed by atoms with E-state index in [2.05, 4.69) is 27.7 Å². The van der Waals surface area contributed by atoms with Crippen molar-refractivity contribution in [3.8, 4) is 0 Å². The Hall–Kier alpha value is -0.730. The van der Waals surface area contributed by atoms with Gasteiger partial charge in [0.25, 0.3) is 0 Å². The Morgan fingerprint density at radius 2 is 1.50 bits per heavy atom. The van der Waals surface area contributed by atoms with E-state index in [1.165, 1.54) is 0 Å². The molecule has 0 radical (unpaired) electrons. The second-order valence-electron chi connectivity index (χ2n) is 5.11. The fourth-order valence-electron chi connectivity index (χ4n) is 2.46. The highest BCUT2D eigenvalue weighted by molar-refractivity contribution is 5.74. The van der Waals surface area contributed by atoms with Crippen LogP contribution in [0.1, 0.15) is 27.7 Å². The van der Waals surface area contributed by atoms with Gasteiger partial charge in [0.1, 0.15) is 0 Å². The number of guanidine groups is 1. The molecule has 3 heteroatoms. The first-order valence-electron chi connectivity index (χ1n) is 5.52. The van der Waals surface area contributed by atoms with Crippen LogP contribution in [0.5, 0.6) is 0 Å². The molecule has 0 bridgehead atoms. The second kappa shape index (κ2) is 4.20. The van der Waals surface area contributed by atoms with Crippen molar-refractivity contribution in [3.63, 3.8) is 0 Å². The van der Waals surface area contributed by atoms with Crippen molar-refractivity contribution in [3.05, 3.63) is 0 Å². The van der Waals surface area contributed by atoms with E-state index in [-0.39, 0.29) is 5.96 Å². The molecule has 1 aliphatic heterocycles. The van der Waals surface area contributed by atoms with Gasteiger partial charge in [-0.25, -0.2) is 0 Å². The first kappa shape index (κ1) is 11.3. The van der Waals surface area contributed by atoms with Gasteiger partial charge in [0.2, 0.25) is 0 Å². The van der Waals surface area contributed by atoms with E-state index in [9.17, 15) is 0 Å². The van der Waals surface area contributed by atoms with Crippen molar-refractivity contribution in [2.75, 3.05) is 13.1 Å². The van der Waals surface area contributed by atoms with Gasteiger partial charge in [0, 0.05) is 13.1 Å². The fourth-order valence-corrected chi connectivity index (χ4v) is 2.46. The van der Waals surface area contributed by atoms with Crippen molar-refractivity contribution in [2.45, 2.75) is 27.7 Å². The number of nitrogens with one attached hydrogen (secondary N) is 1. The fraction of sp³-hybridized carbons (Fsp3) is 0.909. The molecule has 82 valence electrons. The van der Waals surface area contributed by atoms with Crippen molar-refractivity contribution < 1.29 is 0 Å². The van der Waals surface area contributed by atoms with E-state index in [0.29, 0.717) is 23.7 Å². The van der Waals surface area contributed by atoms with E-state index >= 15 is 0 Å². The van der Waals surface area contributed by atoms with Crippen LogP contribution in [0, 0.1) is 29.1 Å². The highest BCUT2D eigenvalue weighted by Gasteiger charge is 2.36. The minimum absolute atomic E-state index is 0.235. The molecule has 0 saturated carbocycles. The predicted octanol–water partition coefficient (Wildman–Crippen LogP) is 1.74. The van der Waals surface area contributed by atoms with E-state index in [1.807, 2.05) is 4.90 Å². The summed E-state index contributed by atoms with van der Waals surface area (Å²) in [6.45, 7) is 11.0. The number of rotatable bonds is 2. The lowest BCUT2D eigenvalue weighted by Crippen LogP contribution is -2.35. The van der Waals surface area contributed by atoms with E-state index < -0.39 is 0 Å². The Kier molecular flexibility index (Phi) is 3.40. The van der Waals surface area contributed by atoms with E-state index in [0.717, 1.165) is 13.1 Å². The van der Waals surface area contributed by atoms with Crippen molar-refractivity contribution in [1.29, 1.82) is 5.41 Å². The zero-order valence-electron chi connectivity index (χ0n) is 9.75. The van der Waals surface area contributed by atoms with Crippen LogP contribution in [0.4, 0.5) is 0 Å². The number of nitrogens with zero attached hydrogens (tertiary/aromatic N) is 1. The highest BCUT2D eigenvalue weighted by atomic mass is 15.2. The maximum absolute atomic E-state index is 7.46. The predicted molar refractivity (Wildman–Crippen MR) is 60.1 cm³/mol. The normalized spacial score (nSPS) is 27.7. The van der Waals surface area contributed by atoms with Crippen LogP contribution in [-0.4, -0.2) is 23.9 Å². The lowest BCUT2D eigenvalue weighted by molar-refractivity contribution is 0.257. The topological polar surface area (TPSA) is 53.1 Å². The first-order valence-corrected chi connectivity index (χ1v) is 5.52. The van der Waals surface area contributed by atoms with Crippen LogP contribution >= 0.6 is 0 Å². The standard InChI is InChI=1S/C11H23N3/c1-7(2)9-5-14(11(12)13)6-10(9)8(3)4/h7-10H,5-6H2,1-4H3,(H3,12,13). The molecule has 1 heterocycles. The molecule has 0 aromatic carbocycles. The summed E-state index contributed by atoms with van der Waals surface area (Å²) in [5.74, 6) is 3.00. The third-order valence-corrected chi connectivity index (χ3v) is 3.47. The van der Waals surface area contributed by atoms with Crippen LogP contribution in [0.15, 0.2) is 0 Å². The summed E-state index contributed by atoms with van der Waals surface area (Å²) < 4.78 is 0. The Balaban J connectivity index is 2.70. The SMILES string of the molecule is CC(C)C1CN(C(=N)N)CC1C(C)C. The molecule has 0 aromatic rings. The van der Waals surface area contributed by atoms with Gasteiger partial charge in [-0.2, -0.15) is 0 Å². The quantitative estimate of drug-likeness (QED) is 0.523. The van der Waals surface area contributed by atoms with Gasteiger partial charge in [-0.3, -0.25) is 5.41 Å². The zero-order chi connectivity index (χ0) is 10.9. The Morgan fingerprint density at radius 1 is 1.14 bits per heavy atom. The molecule has 0 spiro atoms. The van der Waals surface area contributed by atoms with Crippen LogP contribution in [0.3, 0.4) is 0 Å². The molecule has 1 aliphatic rings. The van der Waals surface area contributed by atoms with Crippen LogP contribution in [0.25, 0.3) is 0 Å². The summed E-state index contributed by atoms with van der Waals surface area (Å²) in [6.07, 6.45) is 0. The largest absolute Gasteiger partial charge is 0.370 e. The molecule has 1 rings (SSSR count). The molecular weight excluding hydrogens is 174 g/mol. The average molecular weight is 197 g/mol. The number of nitrogens with two attached hydrogens (primary N) is 1. The maximum atomic E-state index is 7.46. The second-order valence-corrected chi connectivity index (χ2v) is 5.11. The monoisotopic (exact) mass is 197 g/mol. The average Bonchev–Trinajstić information content (AvgIpc) is 2.47. The molecule has 3 nitrogen and oxygen atoms in total. The van der Waals surface area contributed by atoms with Gasteiger partial charge in [-0.1, -0.05) is 27.7 Å². The van der Waals surface area contributed by atoms with Crippen LogP contribution < -0.4 is 5.73 Å². The van der Waals surface area contributed by atoms with Crippen molar-refractivity contribution in [2.24, 2.45) is 29.4 Å². The molecule has 1 saturated heterocycles. The molecule has 1 fully saturated rings. The summed E-state index contributed by atoms with van der Waals surface area (Å²) in [7, 11) is 0. The Bertz CT molecular complexity index is 195. The molecule has 3 N–H and O–H groups in total. The number of likely N-dealkylation sites (tertiary alicyclic amines) is 1. The van der Waals surface area contributed by atoms with Gasteiger partial charge in [0.15, 0.2) is 5.96 Å². The minimum Gasteiger partial charge on any atom is -0.370 e. The van der Waals surface area contributed by atoms with Gasteiger partial charge >= 0.3 is 0 Å². The first-order chi connectivity index (χ1) is 6.43. The van der Waals surface area contributed by atoms with E-state index in [4.69, 9.17) is 11.1 Å². The van der Waals surface area contributed by atoms with Crippen molar-refractivity contribution in [1.82, 2.24) is 4.90 Å². The van der Waals surface area contributed by atoms with Crippen LogP contribution in [-0.2, 0) is 0 Å². The van der Waals surface area contributed by atoms with Gasteiger partial charge in [0.05, 0.1) is 0 Å². The summed E-state index contributed by atoms with van der Waals surface area (Å²) in [4.78, 5) is 2.01. The maximum Gasteiger partial charge on any atom is 0.188 e. The highest BCUT2D eigenvalue weighted by Crippen LogP contribution is 2.34. The number of hydrogen-bond donors (Lipinski definition) is 2. The molecule has 2 unspecified atom stereocenters. The third kappa shape index (κ3) is 2.20. The minimum atomic E-state index is 0.235. The summed E-state index contributed by atoms with van der Waals surface area (Å²) in [6, 6.07) is 0. The van der Waals surface area contributed by atoms with E-state index in [1.54, 1.807) is 0 Å². The number of hydrogen-bond acceptors (Lipinski definition) is 1. The Morgan fingerprint density at radius 3 is 1.71 bits per heavy atom. The molecule has 14 heavy (non-hydrogen) atoms. The summed E-state index contributed by atoms with van der Waals surface area (Å²) in [5.41, 5.74) is 5.53. The summed E-state index contributed by atoms with van der Waals surface area (Å²) >= 11 is 0. The smallest absolute Gasteiger partial charge is 0.188 e. The lowest BCUT2D eigenvalue weighted by Gasteiger charge is -2.24. The molecule has 0 amide bonds. The van der Waals surface area contributed by atoms with Crippen LogP contribution in [0.2, 0.25) is 0 Å². The molecule has 0 aromatic heterocycles. The van der Waals surface area contributed by atoms with Crippen molar-refractivity contribution >= 4 is 5.96 Å². The molecule has 2 atom stereocenters. The van der Waals surface area contributed by atoms with Gasteiger partial charge in [-0.15, -0.1) is 0 Å². The third-order valence-electron chi connectivity index (χ3n) is 3.47. The summed E-state index contributed by atoms with van der Waals surface area (Å²) in [5, 5.41) is 7.46. The Labute approximate surface area is 87.2 Å².